The van der Waals surface area contributed by atoms with Gasteiger partial charge in [-0.05, 0) is 12.3 Å². The summed E-state index contributed by atoms with van der Waals surface area (Å²) in [4.78, 5) is 24.2. The Morgan fingerprint density at radius 2 is 2.21 bits per heavy atom. The Labute approximate surface area is 107 Å². The van der Waals surface area contributed by atoms with Crippen molar-refractivity contribution in [2.24, 2.45) is 11.8 Å². The Bertz CT molecular complexity index is 569. The number of aliphatic hydroxyl groups is 3. The summed E-state index contributed by atoms with van der Waals surface area (Å²) >= 11 is 0. The van der Waals surface area contributed by atoms with E-state index in [1.54, 1.807) is 0 Å². The van der Waals surface area contributed by atoms with Gasteiger partial charge in [0.1, 0.15) is 0 Å². The molecule has 0 radical (unpaired) electrons. The molecule has 0 spiro atoms. The van der Waals surface area contributed by atoms with Crippen molar-refractivity contribution in [2.45, 2.75) is 25.2 Å². The van der Waals surface area contributed by atoms with E-state index in [0.29, 0.717) is 6.42 Å². The number of halogens is 1. The van der Waals surface area contributed by atoms with Gasteiger partial charge in [0.15, 0.2) is 0 Å². The molecular formula is C11H15FN2O5. The molecule has 1 aromatic rings. The van der Waals surface area contributed by atoms with Gasteiger partial charge < -0.3 is 15.3 Å². The largest absolute Gasteiger partial charge is 0.394 e. The van der Waals surface area contributed by atoms with Crippen LogP contribution in [0.25, 0.3) is 0 Å². The third-order valence-corrected chi connectivity index (χ3v) is 3.56. The third kappa shape index (κ3) is 2.60. The van der Waals surface area contributed by atoms with Crippen LogP contribution in [0.2, 0.25) is 0 Å². The van der Waals surface area contributed by atoms with E-state index in [1.807, 2.05) is 4.98 Å². The van der Waals surface area contributed by atoms with Crippen molar-refractivity contribution < 1.29 is 19.7 Å². The fourth-order valence-corrected chi connectivity index (χ4v) is 2.50. The van der Waals surface area contributed by atoms with Gasteiger partial charge in [-0.15, -0.1) is 0 Å². The van der Waals surface area contributed by atoms with Gasteiger partial charge in [-0.25, -0.2) is 4.79 Å². The standard InChI is InChI=1S/C11H15FN2O5/c12-6-3-14(11(19)13-10(6)18)2-5-1-7(16)9(5)8(17)4-15/h3,5,7-9,15-17H,1-2,4H2,(H,13,18,19)/t5-,7-,8+,9+/m0/s1. The summed E-state index contributed by atoms with van der Waals surface area (Å²) < 4.78 is 14.1. The highest BCUT2D eigenvalue weighted by atomic mass is 19.1. The molecule has 1 aliphatic carbocycles. The van der Waals surface area contributed by atoms with E-state index in [0.717, 1.165) is 10.8 Å². The van der Waals surface area contributed by atoms with E-state index in [-0.39, 0.29) is 12.5 Å². The van der Waals surface area contributed by atoms with Gasteiger partial charge in [-0.2, -0.15) is 4.39 Å². The first-order valence-corrected chi connectivity index (χ1v) is 5.90. The molecule has 7 nitrogen and oxygen atoms in total. The normalized spacial score (nSPS) is 27.9. The first-order valence-electron chi connectivity index (χ1n) is 5.90. The lowest BCUT2D eigenvalue weighted by molar-refractivity contribution is -0.115. The number of hydrogen-bond donors (Lipinski definition) is 4. The van der Waals surface area contributed by atoms with Crippen LogP contribution < -0.4 is 11.2 Å². The van der Waals surface area contributed by atoms with Crippen LogP contribution in [-0.4, -0.2) is 43.7 Å². The van der Waals surface area contributed by atoms with Gasteiger partial charge in [-0.3, -0.25) is 14.3 Å². The van der Waals surface area contributed by atoms with Crippen molar-refractivity contribution in [3.63, 3.8) is 0 Å². The Morgan fingerprint density at radius 1 is 1.53 bits per heavy atom. The molecule has 106 valence electrons. The number of aliphatic hydroxyl groups excluding tert-OH is 3. The van der Waals surface area contributed by atoms with Crippen LogP contribution in [0.15, 0.2) is 15.8 Å². The van der Waals surface area contributed by atoms with Crippen molar-refractivity contribution >= 4 is 0 Å². The predicted molar refractivity (Wildman–Crippen MR) is 62.0 cm³/mol. The first-order chi connectivity index (χ1) is 8.93. The average Bonchev–Trinajstić information content (AvgIpc) is 2.34. The number of nitrogens with zero attached hydrogens (tertiary/aromatic N) is 1. The second-order valence-electron chi connectivity index (χ2n) is 4.78. The fraction of sp³-hybridized carbons (Fsp3) is 0.636. The molecule has 1 aliphatic rings. The Kier molecular flexibility index (Phi) is 3.83. The summed E-state index contributed by atoms with van der Waals surface area (Å²) in [5, 5.41) is 27.9. The molecule has 0 bridgehead atoms. The smallest absolute Gasteiger partial charge is 0.328 e. The molecule has 1 fully saturated rings. The Balaban J connectivity index is 2.16. The molecule has 2 rings (SSSR count). The second-order valence-corrected chi connectivity index (χ2v) is 4.78. The minimum absolute atomic E-state index is 0.0608. The topological polar surface area (TPSA) is 116 Å². The Morgan fingerprint density at radius 3 is 2.79 bits per heavy atom. The highest BCUT2D eigenvalue weighted by Gasteiger charge is 2.44. The summed E-state index contributed by atoms with van der Waals surface area (Å²) in [5.41, 5.74) is -1.83. The number of aromatic nitrogens is 2. The fourth-order valence-electron chi connectivity index (χ4n) is 2.50. The van der Waals surface area contributed by atoms with Crippen LogP contribution in [0.5, 0.6) is 0 Å². The van der Waals surface area contributed by atoms with Crippen LogP contribution in [0.3, 0.4) is 0 Å². The number of H-pyrrole nitrogens is 1. The van der Waals surface area contributed by atoms with Gasteiger partial charge in [0.25, 0.3) is 5.56 Å². The third-order valence-electron chi connectivity index (χ3n) is 3.56. The van der Waals surface area contributed by atoms with Crippen LogP contribution in [0.1, 0.15) is 6.42 Å². The maximum Gasteiger partial charge on any atom is 0.328 e. The molecule has 0 unspecified atom stereocenters. The van der Waals surface area contributed by atoms with Gasteiger partial charge in [0, 0.05) is 12.5 Å². The summed E-state index contributed by atoms with van der Waals surface area (Å²) in [6.45, 7) is -0.432. The number of aromatic amines is 1. The van der Waals surface area contributed by atoms with Crippen LogP contribution in [0, 0.1) is 17.7 Å². The number of nitrogens with one attached hydrogen (secondary N) is 1. The molecule has 0 saturated heterocycles. The lowest BCUT2D eigenvalue weighted by Crippen LogP contribution is -2.51. The summed E-state index contributed by atoms with van der Waals surface area (Å²) in [6.07, 6.45) is -0.698. The lowest BCUT2D eigenvalue weighted by Gasteiger charge is -2.44. The van der Waals surface area contributed by atoms with E-state index >= 15 is 0 Å². The van der Waals surface area contributed by atoms with Crippen molar-refractivity contribution in [2.75, 3.05) is 6.61 Å². The molecule has 4 N–H and O–H groups in total. The molecule has 1 saturated carbocycles. The molecule has 8 heteroatoms. The van der Waals surface area contributed by atoms with Crippen LogP contribution in [-0.2, 0) is 6.54 Å². The molecule has 0 amide bonds. The molecule has 0 aliphatic heterocycles. The predicted octanol–water partition coefficient (Wildman–Crippen LogP) is -1.97. The number of rotatable bonds is 4. The SMILES string of the molecule is O=c1[nH]c(=O)n(C[C@@H]2C[C@H](O)[C@@H]2[C@H](O)CO)cc1F. The summed E-state index contributed by atoms with van der Waals surface area (Å²) in [7, 11) is 0. The van der Waals surface area contributed by atoms with Crippen molar-refractivity contribution in [3.05, 3.63) is 32.9 Å². The van der Waals surface area contributed by atoms with E-state index in [4.69, 9.17) is 5.11 Å². The van der Waals surface area contributed by atoms with Gasteiger partial charge in [0.2, 0.25) is 5.82 Å². The average molecular weight is 274 g/mol. The minimum atomic E-state index is -1.09. The van der Waals surface area contributed by atoms with Crippen molar-refractivity contribution in [1.29, 1.82) is 0 Å². The van der Waals surface area contributed by atoms with Crippen molar-refractivity contribution in [1.82, 2.24) is 9.55 Å². The van der Waals surface area contributed by atoms with Gasteiger partial charge in [-0.1, -0.05) is 0 Å². The zero-order valence-electron chi connectivity index (χ0n) is 9.99. The quantitative estimate of drug-likeness (QED) is 0.508. The lowest BCUT2D eigenvalue weighted by atomic mass is 9.68. The minimum Gasteiger partial charge on any atom is -0.394 e. The maximum atomic E-state index is 13.1. The van der Waals surface area contributed by atoms with Crippen molar-refractivity contribution in [3.8, 4) is 0 Å². The van der Waals surface area contributed by atoms with E-state index in [9.17, 15) is 24.2 Å². The summed E-state index contributed by atoms with van der Waals surface area (Å²) in [6, 6.07) is 0. The molecule has 0 aromatic carbocycles. The van der Waals surface area contributed by atoms with Gasteiger partial charge in [0.05, 0.1) is 25.0 Å². The first kappa shape index (κ1) is 13.9. The highest BCUT2D eigenvalue weighted by Crippen LogP contribution is 2.38. The molecular weight excluding hydrogens is 259 g/mol. The van der Waals surface area contributed by atoms with E-state index in [2.05, 4.69) is 0 Å². The number of hydrogen-bond acceptors (Lipinski definition) is 5. The monoisotopic (exact) mass is 274 g/mol. The second kappa shape index (κ2) is 5.24. The molecule has 19 heavy (non-hydrogen) atoms. The van der Waals surface area contributed by atoms with Crippen LogP contribution >= 0.6 is 0 Å². The zero-order chi connectivity index (χ0) is 14.2. The Hall–Kier alpha value is -1.51. The van der Waals surface area contributed by atoms with Crippen LogP contribution in [0.4, 0.5) is 4.39 Å². The van der Waals surface area contributed by atoms with E-state index < -0.39 is 41.8 Å². The highest BCUT2D eigenvalue weighted by molar-refractivity contribution is 4.95. The van der Waals surface area contributed by atoms with E-state index in [1.165, 1.54) is 0 Å². The zero-order valence-corrected chi connectivity index (χ0v) is 9.99. The molecule has 1 aromatic heterocycles. The summed E-state index contributed by atoms with van der Waals surface area (Å²) in [5.74, 6) is -1.90. The molecule has 1 heterocycles. The molecule has 4 atom stereocenters. The van der Waals surface area contributed by atoms with Gasteiger partial charge >= 0.3 is 5.69 Å². The maximum absolute atomic E-state index is 13.1.